The monoisotopic (exact) mass is 554 g/mol. The molecule has 0 radical (unpaired) electrons. The van der Waals surface area contributed by atoms with E-state index in [0.29, 0.717) is 23.6 Å². The van der Waals surface area contributed by atoms with Crippen molar-refractivity contribution >= 4 is 46.8 Å². The maximum absolute atomic E-state index is 14.6. The molecule has 5 rings (SSSR count). The number of aliphatic hydroxyl groups is 1. The summed E-state index contributed by atoms with van der Waals surface area (Å²) in [5, 5.41) is 21.0. The molecule has 2 N–H and O–H groups in total. The van der Waals surface area contributed by atoms with E-state index in [0.717, 1.165) is 5.56 Å². The number of amides is 2. The number of carboxylic acids is 1. The zero-order valence-electron chi connectivity index (χ0n) is 21.1. The predicted molar refractivity (Wildman–Crippen MR) is 148 cm³/mol. The number of rotatable bonds is 9. The van der Waals surface area contributed by atoms with Crippen LogP contribution in [-0.4, -0.2) is 68.1 Å². The van der Waals surface area contributed by atoms with Crippen LogP contribution in [0.2, 0.25) is 5.02 Å². The van der Waals surface area contributed by atoms with E-state index in [-0.39, 0.29) is 36.1 Å². The fourth-order valence-corrected chi connectivity index (χ4v) is 9.29. The lowest BCUT2D eigenvalue weighted by atomic mass is 9.66. The lowest BCUT2D eigenvalue weighted by Gasteiger charge is -2.42. The van der Waals surface area contributed by atoms with Crippen LogP contribution in [-0.2, 0) is 20.8 Å². The van der Waals surface area contributed by atoms with Crippen LogP contribution >= 0.6 is 23.4 Å². The Morgan fingerprint density at radius 3 is 2.53 bits per heavy atom. The van der Waals surface area contributed by atoms with Crippen molar-refractivity contribution in [1.82, 2.24) is 4.90 Å². The Bertz CT molecular complexity index is 1240. The molecule has 7 atom stereocenters. The molecule has 0 saturated carbocycles. The molecular weight excluding hydrogens is 524 g/mol. The molecule has 3 unspecified atom stereocenters. The number of hydrogen-bond donors (Lipinski definition) is 2. The number of likely N-dealkylation sites (tertiary alicyclic amines) is 1. The molecule has 2 aromatic rings. The normalized spacial score (nSPS) is 30.2. The summed E-state index contributed by atoms with van der Waals surface area (Å²) in [5.41, 5.74) is 1.52. The maximum Gasteiger partial charge on any atom is 0.308 e. The zero-order valence-corrected chi connectivity index (χ0v) is 22.6. The summed E-state index contributed by atoms with van der Waals surface area (Å²) in [7, 11) is 0. The van der Waals surface area contributed by atoms with E-state index in [2.05, 4.69) is 6.58 Å². The fraction of sp³-hybridized carbons (Fsp3) is 0.414. The van der Waals surface area contributed by atoms with Crippen molar-refractivity contribution in [3.63, 3.8) is 0 Å². The van der Waals surface area contributed by atoms with Crippen LogP contribution in [0.4, 0.5) is 5.69 Å². The molecule has 2 bridgehead atoms. The molecule has 3 saturated heterocycles. The van der Waals surface area contributed by atoms with Gasteiger partial charge in [0.2, 0.25) is 5.91 Å². The van der Waals surface area contributed by atoms with E-state index in [1.807, 2.05) is 37.3 Å². The molecule has 0 aliphatic carbocycles. The summed E-state index contributed by atoms with van der Waals surface area (Å²) in [6.45, 7) is 5.70. The van der Waals surface area contributed by atoms with E-state index >= 15 is 0 Å². The second-order valence-corrected chi connectivity index (χ2v) is 12.4. The Morgan fingerprint density at radius 2 is 1.92 bits per heavy atom. The minimum Gasteiger partial charge on any atom is -0.481 e. The first-order chi connectivity index (χ1) is 18.2. The van der Waals surface area contributed by atoms with Gasteiger partial charge in [-0.05, 0) is 48.6 Å². The molecule has 2 aromatic carbocycles. The highest BCUT2D eigenvalue weighted by atomic mass is 35.5. The minimum atomic E-state index is -1.01. The number of anilines is 1. The van der Waals surface area contributed by atoms with E-state index in [1.54, 1.807) is 35.2 Å². The molecule has 3 fully saturated rings. The van der Waals surface area contributed by atoms with E-state index in [1.165, 1.54) is 16.7 Å². The van der Waals surface area contributed by atoms with Gasteiger partial charge in [0, 0.05) is 22.5 Å². The summed E-state index contributed by atoms with van der Waals surface area (Å²) in [6.07, 6.45) is 2.59. The number of carbonyl (C=O) groups is 3. The second-order valence-electron chi connectivity index (χ2n) is 10.4. The third-order valence-electron chi connectivity index (χ3n) is 8.34. The van der Waals surface area contributed by atoms with Gasteiger partial charge >= 0.3 is 5.97 Å². The first-order valence-electron chi connectivity index (χ1n) is 12.8. The maximum atomic E-state index is 14.6. The lowest BCUT2D eigenvalue weighted by Crippen LogP contribution is -2.59. The smallest absolute Gasteiger partial charge is 0.308 e. The third kappa shape index (κ3) is 4.14. The molecular formula is C29H31ClN2O5S. The molecule has 3 aliphatic rings. The Morgan fingerprint density at radius 1 is 1.24 bits per heavy atom. The molecule has 1 spiro atoms. The zero-order chi connectivity index (χ0) is 27.2. The Balaban J connectivity index is 1.63. The lowest BCUT2D eigenvalue weighted by molar-refractivity contribution is -0.149. The van der Waals surface area contributed by atoms with Gasteiger partial charge in [-0.25, -0.2) is 0 Å². The summed E-state index contributed by atoms with van der Waals surface area (Å²) in [5.74, 6) is -3.45. The summed E-state index contributed by atoms with van der Waals surface area (Å²) in [4.78, 5) is 44.4. The van der Waals surface area contributed by atoms with E-state index in [4.69, 9.17) is 11.6 Å². The summed E-state index contributed by atoms with van der Waals surface area (Å²) in [6, 6.07) is 14.8. The van der Waals surface area contributed by atoms with Crippen molar-refractivity contribution in [2.45, 2.75) is 41.8 Å². The highest BCUT2D eigenvalue weighted by molar-refractivity contribution is 8.02. The average molecular weight is 555 g/mol. The topological polar surface area (TPSA) is 98.2 Å². The Labute approximate surface area is 231 Å². The second kappa shape index (κ2) is 10.4. The third-order valence-corrected chi connectivity index (χ3v) is 10.7. The van der Waals surface area contributed by atoms with Crippen LogP contribution in [0, 0.1) is 17.8 Å². The molecule has 3 aliphatic heterocycles. The molecule has 2 amide bonds. The minimum absolute atomic E-state index is 0.0622. The number of aliphatic hydroxyl groups excluding tert-OH is 1. The summed E-state index contributed by atoms with van der Waals surface area (Å²) >= 11 is 7.59. The number of carbonyl (C=O) groups excluding carboxylic acids is 2. The predicted octanol–water partition coefficient (Wildman–Crippen LogP) is 3.88. The standard InChI is InChI=1S/C29H31ClN2O5S/c1-3-13-31(20-11-9-19(30)10-12-20)27(35)25-29-17(2)14-22(38-29)23(28(36)37)24(29)26(34)32(25)21(16-33)15-18-7-5-4-6-8-18/h3-12,17,21-25,33H,1,13-16H2,2H3,(H,36,37)/t17?,21-,22+,23-,24+,25?,29?/m1/s1. The van der Waals surface area contributed by atoms with Crippen molar-refractivity contribution in [1.29, 1.82) is 0 Å². The van der Waals surface area contributed by atoms with Crippen molar-refractivity contribution < 1.29 is 24.6 Å². The van der Waals surface area contributed by atoms with Crippen molar-refractivity contribution in [2.24, 2.45) is 17.8 Å². The van der Waals surface area contributed by atoms with Gasteiger partial charge in [0.15, 0.2) is 0 Å². The Kier molecular flexibility index (Phi) is 7.33. The van der Waals surface area contributed by atoms with Gasteiger partial charge in [-0.15, -0.1) is 18.3 Å². The molecule has 38 heavy (non-hydrogen) atoms. The number of thioether (sulfide) groups is 1. The van der Waals surface area contributed by atoms with Gasteiger partial charge in [-0.1, -0.05) is 54.9 Å². The van der Waals surface area contributed by atoms with Crippen LogP contribution in [0.5, 0.6) is 0 Å². The largest absolute Gasteiger partial charge is 0.481 e. The summed E-state index contributed by atoms with van der Waals surface area (Å²) < 4.78 is -0.905. The quantitative estimate of drug-likeness (QED) is 0.456. The van der Waals surface area contributed by atoms with Gasteiger partial charge in [0.25, 0.3) is 5.91 Å². The van der Waals surface area contributed by atoms with Crippen molar-refractivity contribution in [2.75, 3.05) is 18.1 Å². The number of benzene rings is 2. The van der Waals surface area contributed by atoms with Crippen LogP contribution in [0.15, 0.2) is 67.3 Å². The fourth-order valence-electron chi connectivity index (χ4n) is 6.77. The molecule has 0 aromatic heterocycles. The highest BCUT2D eigenvalue weighted by Crippen LogP contribution is 2.69. The van der Waals surface area contributed by atoms with Gasteiger partial charge in [-0.2, -0.15) is 0 Å². The molecule has 7 nitrogen and oxygen atoms in total. The van der Waals surface area contributed by atoms with Crippen molar-refractivity contribution in [3.05, 3.63) is 77.8 Å². The van der Waals surface area contributed by atoms with Crippen LogP contribution in [0.25, 0.3) is 0 Å². The number of halogens is 1. The van der Waals surface area contributed by atoms with E-state index < -0.39 is 34.6 Å². The average Bonchev–Trinajstić information content (AvgIpc) is 3.50. The van der Waals surface area contributed by atoms with Gasteiger partial charge < -0.3 is 20.0 Å². The van der Waals surface area contributed by atoms with Gasteiger partial charge in [0.05, 0.1) is 29.2 Å². The SMILES string of the molecule is C=CCN(C(=O)C1N([C@@H](CO)Cc2ccccc2)C(=O)[C@@H]2[C@H](C(=O)O)[C@@H]3CC(C)C12S3)c1ccc(Cl)cc1. The number of fused-ring (bicyclic) bond motifs is 1. The number of hydrogen-bond acceptors (Lipinski definition) is 5. The van der Waals surface area contributed by atoms with Crippen LogP contribution < -0.4 is 4.90 Å². The van der Waals surface area contributed by atoms with Gasteiger partial charge in [0.1, 0.15) is 6.04 Å². The number of nitrogens with zero attached hydrogens (tertiary/aromatic N) is 2. The van der Waals surface area contributed by atoms with Crippen molar-refractivity contribution in [3.8, 4) is 0 Å². The number of carboxylic acid groups (broad SMARTS) is 1. The van der Waals surface area contributed by atoms with Crippen LogP contribution in [0.1, 0.15) is 18.9 Å². The first kappa shape index (κ1) is 26.8. The van der Waals surface area contributed by atoms with E-state index in [9.17, 15) is 24.6 Å². The Hall–Kier alpha value is -2.81. The number of aliphatic carboxylic acids is 1. The van der Waals surface area contributed by atoms with Gasteiger partial charge in [-0.3, -0.25) is 14.4 Å². The highest BCUT2D eigenvalue weighted by Gasteiger charge is 2.77. The van der Waals surface area contributed by atoms with Crippen LogP contribution in [0.3, 0.4) is 0 Å². The molecule has 3 heterocycles. The molecule has 9 heteroatoms. The first-order valence-corrected chi connectivity index (χ1v) is 14.1. The molecule has 200 valence electrons.